The van der Waals surface area contributed by atoms with Gasteiger partial charge in [0.25, 0.3) is 0 Å². The van der Waals surface area contributed by atoms with E-state index >= 15 is 0 Å². The zero-order valence-corrected chi connectivity index (χ0v) is 6.95. The second-order valence-corrected chi connectivity index (χ2v) is 2.62. The first-order chi connectivity index (χ1) is 5.86. The summed E-state index contributed by atoms with van der Waals surface area (Å²) in [5.74, 6) is 0. The lowest BCUT2D eigenvalue weighted by Gasteiger charge is -1.97. The van der Waals surface area contributed by atoms with Crippen molar-refractivity contribution in [3.63, 3.8) is 0 Å². The average Bonchev–Trinajstić information content (AvgIpc) is 2.54. The van der Waals surface area contributed by atoms with Crippen LogP contribution in [0.15, 0.2) is 30.9 Å². The number of nitrogens with one attached hydrogen (secondary N) is 1. The highest BCUT2D eigenvalue weighted by atomic mass is 32.1. The van der Waals surface area contributed by atoms with Gasteiger partial charge in [-0.1, -0.05) is 0 Å². The van der Waals surface area contributed by atoms with Crippen LogP contribution in [0.4, 0.5) is 0 Å². The minimum Gasteiger partial charge on any atom is -0.267 e. The third-order valence-corrected chi connectivity index (χ3v) is 1.64. The van der Waals surface area contributed by atoms with Crippen LogP contribution in [-0.2, 0) is 0 Å². The molecule has 0 saturated carbocycles. The normalized spacial score (nSPS) is 10.0. The number of hydrogen-bond donors (Lipinski definition) is 1. The average molecular weight is 178 g/mol. The fraction of sp³-hybridized carbons (Fsp3) is 0. The van der Waals surface area contributed by atoms with Crippen LogP contribution in [-0.4, -0.2) is 19.7 Å². The van der Waals surface area contributed by atoms with Crippen LogP contribution in [0.5, 0.6) is 0 Å². The van der Waals surface area contributed by atoms with Gasteiger partial charge in [-0.25, -0.2) is 9.67 Å². The molecule has 2 aromatic heterocycles. The lowest BCUT2D eigenvalue weighted by molar-refractivity contribution is 0.871. The Morgan fingerprint density at radius 1 is 1.33 bits per heavy atom. The molecule has 60 valence electrons. The maximum absolute atomic E-state index is 4.83. The van der Waals surface area contributed by atoms with E-state index in [0.29, 0.717) is 4.77 Å². The molecule has 2 heterocycles. The van der Waals surface area contributed by atoms with Crippen LogP contribution in [0.25, 0.3) is 5.69 Å². The van der Waals surface area contributed by atoms with Crippen molar-refractivity contribution in [2.24, 2.45) is 0 Å². The van der Waals surface area contributed by atoms with E-state index in [-0.39, 0.29) is 0 Å². The van der Waals surface area contributed by atoms with E-state index in [2.05, 4.69) is 15.1 Å². The summed E-state index contributed by atoms with van der Waals surface area (Å²) in [7, 11) is 0. The number of pyridine rings is 1. The number of aromatic amines is 1. The van der Waals surface area contributed by atoms with Crippen molar-refractivity contribution in [1.82, 2.24) is 19.7 Å². The van der Waals surface area contributed by atoms with Crippen LogP contribution in [0.1, 0.15) is 0 Å². The molecule has 2 rings (SSSR count). The Kier molecular flexibility index (Phi) is 1.71. The molecule has 5 heteroatoms. The SMILES string of the molecule is S=c1ncn(-c2ccncc2)[nH]1. The molecule has 0 unspecified atom stereocenters. The number of nitrogens with zero attached hydrogens (tertiary/aromatic N) is 3. The first-order valence-electron chi connectivity index (χ1n) is 3.40. The van der Waals surface area contributed by atoms with Crippen LogP contribution >= 0.6 is 12.2 Å². The molecule has 12 heavy (non-hydrogen) atoms. The Labute approximate surface area is 73.9 Å². The van der Waals surface area contributed by atoms with Crippen molar-refractivity contribution >= 4 is 12.2 Å². The van der Waals surface area contributed by atoms with Gasteiger partial charge in [-0.15, -0.1) is 0 Å². The van der Waals surface area contributed by atoms with Crippen molar-refractivity contribution in [3.05, 3.63) is 35.6 Å². The Balaban J connectivity index is 2.51. The smallest absolute Gasteiger partial charge is 0.213 e. The van der Waals surface area contributed by atoms with Crippen molar-refractivity contribution < 1.29 is 0 Å². The van der Waals surface area contributed by atoms with Crippen molar-refractivity contribution in [2.45, 2.75) is 0 Å². The maximum atomic E-state index is 4.83. The van der Waals surface area contributed by atoms with Gasteiger partial charge < -0.3 is 0 Å². The first-order valence-corrected chi connectivity index (χ1v) is 3.81. The number of rotatable bonds is 1. The minimum atomic E-state index is 0.479. The quantitative estimate of drug-likeness (QED) is 0.670. The van der Waals surface area contributed by atoms with E-state index in [1.54, 1.807) is 23.4 Å². The maximum Gasteiger partial charge on any atom is 0.213 e. The molecule has 2 aromatic rings. The summed E-state index contributed by atoms with van der Waals surface area (Å²) < 4.78 is 2.22. The first kappa shape index (κ1) is 7.17. The molecule has 0 spiro atoms. The molecule has 1 N–H and O–H groups in total. The van der Waals surface area contributed by atoms with Gasteiger partial charge in [0, 0.05) is 12.4 Å². The number of H-pyrrole nitrogens is 1. The molecular weight excluding hydrogens is 172 g/mol. The minimum absolute atomic E-state index is 0.479. The highest BCUT2D eigenvalue weighted by Gasteiger charge is 1.92. The highest BCUT2D eigenvalue weighted by Crippen LogP contribution is 2.01. The Morgan fingerprint density at radius 2 is 2.08 bits per heavy atom. The van der Waals surface area contributed by atoms with Gasteiger partial charge in [-0.2, -0.15) is 0 Å². The zero-order valence-electron chi connectivity index (χ0n) is 6.14. The molecule has 0 aliphatic rings. The van der Waals surface area contributed by atoms with Gasteiger partial charge in [0.15, 0.2) is 0 Å². The van der Waals surface area contributed by atoms with Crippen LogP contribution < -0.4 is 0 Å². The summed E-state index contributed by atoms with van der Waals surface area (Å²) in [6, 6.07) is 3.74. The van der Waals surface area contributed by atoms with Crippen LogP contribution in [0, 0.1) is 4.77 Å². The van der Waals surface area contributed by atoms with Crippen molar-refractivity contribution in [3.8, 4) is 5.69 Å². The summed E-state index contributed by atoms with van der Waals surface area (Å²) in [5, 5.41) is 2.88. The summed E-state index contributed by atoms with van der Waals surface area (Å²) in [6.07, 6.45) is 5.07. The summed E-state index contributed by atoms with van der Waals surface area (Å²) in [5.41, 5.74) is 0.966. The molecular formula is C7H6N4S. The molecule has 0 saturated heterocycles. The van der Waals surface area contributed by atoms with Gasteiger partial charge in [0.1, 0.15) is 6.33 Å². The van der Waals surface area contributed by atoms with E-state index < -0.39 is 0 Å². The second-order valence-electron chi connectivity index (χ2n) is 2.24. The molecule has 0 aliphatic heterocycles. The van der Waals surface area contributed by atoms with E-state index in [4.69, 9.17) is 12.2 Å². The van der Waals surface area contributed by atoms with Gasteiger partial charge in [-0.05, 0) is 24.4 Å². The summed E-state index contributed by atoms with van der Waals surface area (Å²) >= 11 is 4.83. The molecule has 0 aliphatic carbocycles. The fourth-order valence-corrected chi connectivity index (χ4v) is 1.05. The zero-order chi connectivity index (χ0) is 8.39. The van der Waals surface area contributed by atoms with E-state index in [0.717, 1.165) is 5.69 Å². The topological polar surface area (TPSA) is 46.5 Å². The standard InChI is InChI=1S/C7H6N4S/c12-7-9-5-11(10-7)6-1-3-8-4-2-6/h1-5H,(H,10,12). The van der Waals surface area contributed by atoms with E-state index in [1.807, 2.05) is 12.1 Å². The van der Waals surface area contributed by atoms with E-state index in [9.17, 15) is 0 Å². The molecule has 0 atom stereocenters. The van der Waals surface area contributed by atoms with Crippen LogP contribution in [0.2, 0.25) is 0 Å². The molecule has 0 radical (unpaired) electrons. The number of aromatic nitrogens is 4. The Morgan fingerprint density at radius 3 is 2.67 bits per heavy atom. The van der Waals surface area contributed by atoms with Gasteiger partial charge in [0.05, 0.1) is 5.69 Å². The van der Waals surface area contributed by atoms with Crippen molar-refractivity contribution in [1.29, 1.82) is 0 Å². The van der Waals surface area contributed by atoms with Gasteiger partial charge in [-0.3, -0.25) is 10.1 Å². The third kappa shape index (κ3) is 1.26. The highest BCUT2D eigenvalue weighted by molar-refractivity contribution is 7.71. The van der Waals surface area contributed by atoms with Crippen molar-refractivity contribution in [2.75, 3.05) is 0 Å². The molecule has 4 nitrogen and oxygen atoms in total. The summed E-state index contributed by atoms with van der Waals surface area (Å²) in [4.78, 5) is 7.80. The predicted molar refractivity (Wildman–Crippen MR) is 46.5 cm³/mol. The molecule has 0 fully saturated rings. The Bertz CT molecular complexity index is 416. The van der Waals surface area contributed by atoms with E-state index in [1.165, 1.54) is 0 Å². The van der Waals surface area contributed by atoms with Gasteiger partial charge >= 0.3 is 0 Å². The second kappa shape index (κ2) is 2.86. The molecule has 0 amide bonds. The predicted octanol–water partition coefficient (Wildman–Crippen LogP) is 1.32. The lowest BCUT2D eigenvalue weighted by Crippen LogP contribution is -1.93. The molecule has 0 aromatic carbocycles. The summed E-state index contributed by atoms with van der Waals surface area (Å²) in [6.45, 7) is 0. The molecule has 0 bridgehead atoms. The largest absolute Gasteiger partial charge is 0.267 e. The third-order valence-electron chi connectivity index (χ3n) is 1.45. The number of hydrogen-bond acceptors (Lipinski definition) is 3. The van der Waals surface area contributed by atoms with Crippen LogP contribution in [0.3, 0.4) is 0 Å². The lowest BCUT2D eigenvalue weighted by atomic mass is 10.4. The Hall–Kier alpha value is -1.49. The van der Waals surface area contributed by atoms with Gasteiger partial charge in [0.2, 0.25) is 4.77 Å². The monoisotopic (exact) mass is 178 g/mol. The fourth-order valence-electron chi connectivity index (χ4n) is 0.907.